The fraction of sp³-hybridized carbons (Fsp3) is 0.333. The molecular weight excluding hydrogens is 332 g/mol. The van der Waals surface area contributed by atoms with Crippen LogP contribution in [0.5, 0.6) is 11.5 Å². The first-order chi connectivity index (χ1) is 11.5. The number of benzene rings is 1. The Labute approximate surface area is 140 Å². The first-order valence-electron chi connectivity index (χ1n) is 7.37. The van der Waals surface area contributed by atoms with Gasteiger partial charge in [0.15, 0.2) is 11.5 Å². The first-order valence-corrected chi connectivity index (χ1v) is 8.86. The van der Waals surface area contributed by atoms with Gasteiger partial charge in [-0.2, -0.15) is 0 Å². The third-order valence-corrected chi connectivity index (χ3v) is 4.70. The van der Waals surface area contributed by atoms with Crippen LogP contribution < -0.4 is 19.1 Å². The minimum absolute atomic E-state index is 0.0865. The fourth-order valence-corrected chi connectivity index (χ4v) is 3.17. The zero-order chi connectivity index (χ0) is 17.2. The van der Waals surface area contributed by atoms with Crippen LogP contribution in [0.25, 0.3) is 0 Å². The number of fused-ring (bicyclic) bond motifs is 1. The smallest absolute Gasteiger partial charge is 0.262 e. The highest BCUT2D eigenvalue weighted by Gasteiger charge is 2.19. The van der Waals surface area contributed by atoms with E-state index in [1.165, 1.54) is 24.5 Å². The number of hydrogen-bond donors (Lipinski definition) is 1. The lowest BCUT2D eigenvalue weighted by molar-refractivity contribution is 0.297. The topological polar surface area (TPSA) is 93.7 Å². The molecule has 2 heterocycles. The lowest BCUT2D eigenvalue weighted by Gasteiger charge is -2.12. The molecule has 3 rings (SSSR count). The fourth-order valence-electron chi connectivity index (χ4n) is 2.13. The predicted octanol–water partition coefficient (Wildman–Crippen LogP) is 1.50. The molecule has 0 atom stereocenters. The Morgan fingerprint density at radius 1 is 1.08 bits per heavy atom. The van der Waals surface area contributed by atoms with Crippen LogP contribution in [0.15, 0.2) is 35.5 Å². The van der Waals surface area contributed by atoms with Gasteiger partial charge in [-0.15, -0.1) is 0 Å². The van der Waals surface area contributed by atoms with Gasteiger partial charge in [-0.3, -0.25) is 4.72 Å². The summed E-state index contributed by atoms with van der Waals surface area (Å²) in [7, 11) is -0.166. The van der Waals surface area contributed by atoms with Crippen molar-refractivity contribution in [3.63, 3.8) is 0 Å². The second-order valence-corrected chi connectivity index (χ2v) is 7.11. The van der Waals surface area contributed by atoms with E-state index in [9.17, 15) is 8.42 Å². The van der Waals surface area contributed by atoms with Crippen molar-refractivity contribution in [2.24, 2.45) is 0 Å². The van der Waals surface area contributed by atoms with Gasteiger partial charge < -0.3 is 14.4 Å². The average molecular weight is 350 g/mol. The van der Waals surface area contributed by atoms with Gasteiger partial charge >= 0.3 is 0 Å². The van der Waals surface area contributed by atoms with E-state index in [1.54, 1.807) is 25.1 Å². The van der Waals surface area contributed by atoms with E-state index in [0.29, 0.717) is 30.7 Å². The minimum atomic E-state index is -3.77. The molecule has 1 aliphatic heterocycles. The minimum Gasteiger partial charge on any atom is -0.490 e. The largest absolute Gasteiger partial charge is 0.490 e. The second-order valence-electron chi connectivity index (χ2n) is 5.43. The maximum absolute atomic E-state index is 12.5. The Morgan fingerprint density at radius 3 is 2.42 bits per heavy atom. The zero-order valence-corrected chi connectivity index (χ0v) is 14.2. The van der Waals surface area contributed by atoms with E-state index in [0.717, 1.165) is 6.42 Å². The van der Waals surface area contributed by atoms with Gasteiger partial charge in [0.1, 0.15) is 0 Å². The van der Waals surface area contributed by atoms with Crippen LogP contribution in [-0.4, -0.2) is 45.7 Å². The van der Waals surface area contributed by atoms with Gasteiger partial charge in [-0.25, -0.2) is 18.4 Å². The van der Waals surface area contributed by atoms with Crippen LogP contribution in [0.4, 0.5) is 11.6 Å². The molecule has 0 spiro atoms. The number of aromatic nitrogens is 2. The third kappa shape index (κ3) is 3.51. The van der Waals surface area contributed by atoms with E-state index in [-0.39, 0.29) is 10.6 Å². The number of sulfonamides is 1. The van der Waals surface area contributed by atoms with E-state index in [2.05, 4.69) is 14.7 Å². The highest BCUT2D eigenvalue weighted by molar-refractivity contribution is 7.92. The molecule has 0 bridgehead atoms. The normalized spacial score (nSPS) is 13.9. The molecule has 0 amide bonds. The highest BCUT2D eigenvalue weighted by Crippen LogP contribution is 2.32. The second kappa shape index (κ2) is 6.52. The summed E-state index contributed by atoms with van der Waals surface area (Å²) in [6.07, 6.45) is 3.59. The van der Waals surface area contributed by atoms with E-state index >= 15 is 0 Å². The zero-order valence-electron chi connectivity index (χ0n) is 13.4. The maximum atomic E-state index is 12.5. The number of hydrogen-bond acceptors (Lipinski definition) is 7. The average Bonchev–Trinajstić information content (AvgIpc) is 2.79. The quantitative estimate of drug-likeness (QED) is 0.893. The lowest BCUT2D eigenvalue weighted by Crippen LogP contribution is -2.15. The monoisotopic (exact) mass is 350 g/mol. The third-order valence-electron chi connectivity index (χ3n) is 3.32. The van der Waals surface area contributed by atoms with Gasteiger partial charge in [0.05, 0.1) is 36.2 Å². The summed E-state index contributed by atoms with van der Waals surface area (Å²) in [5, 5.41) is 0. The summed E-state index contributed by atoms with van der Waals surface area (Å²) in [5.74, 6) is 1.47. The summed E-state index contributed by atoms with van der Waals surface area (Å²) in [5.41, 5.74) is 0.285. The van der Waals surface area contributed by atoms with Gasteiger partial charge in [0.25, 0.3) is 10.0 Å². The number of rotatable bonds is 4. The molecule has 0 saturated carbocycles. The molecule has 0 aliphatic carbocycles. The van der Waals surface area contributed by atoms with Crippen LogP contribution >= 0.6 is 0 Å². The SMILES string of the molecule is CN(C)c1ncc(NS(=O)(=O)c2ccc3c(c2)OCCCO3)cn1. The number of nitrogens with one attached hydrogen (secondary N) is 1. The number of ether oxygens (including phenoxy) is 2. The number of anilines is 2. The summed E-state index contributed by atoms with van der Waals surface area (Å²) in [4.78, 5) is 9.97. The highest BCUT2D eigenvalue weighted by atomic mass is 32.2. The Bertz CT molecular complexity index is 822. The van der Waals surface area contributed by atoms with Crippen LogP contribution in [0, 0.1) is 0 Å². The molecule has 1 aliphatic rings. The molecule has 128 valence electrons. The van der Waals surface area contributed by atoms with Gasteiger partial charge in [-0.1, -0.05) is 0 Å². The summed E-state index contributed by atoms with van der Waals surface area (Å²) in [6.45, 7) is 1.04. The van der Waals surface area contributed by atoms with Crippen molar-refractivity contribution < 1.29 is 17.9 Å². The molecule has 0 fully saturated rings. The first kappa shape index (κ1) is 16.3. The van der Waals surface area contributed by atoms with Crippen molar-refractivity contribution in [2.45, 2.75) is 11.3 Å². The van der Waals surface area contributed by atoms with Crippen molar-refractivity contribution in [1.82, 2.24) is 9.97 Å². The van der Waals surface area contributed by atoms with E-state index in [4.69, 9.17) is 9.47 Å². The molecule has 8 nitrogen and oxygen atoms in total. The van der Waals surface area contributed by atoms with Crippen molar-refractivity contribution in [2.75, 3.05) is 36.9 Å². The maximum Gasteiger partial charge on any atom is 0.262 e. The van der Waals surface area contributed by atoms with Gasteiger partial charge in [-0.05, 0) is 12.1 Å². The van der Waals surface area contributed by atoms with Crippen molar-refractivity contribution in [3.05, 3.63) is 30.6 Å². The van der Waals surface area contributed by atoms with Crippen LogP contribution in [-0.2, 0) is 10.0 Å². The molecule has 1 aromatic carbocycles. The number of nitrogens with zero attached hydrogens (tertiary/aromatic N) is 3. The summed E-state index contributed by atoms with van der Waals surface area (Å²) < 4.78 is 38.5. The Morgan fingerprint density at radius 2 is 1.75 bits per heavy atom. The Kier molecular flexibility index (Phi) is 4.43. The molecule has 0 unspecified atom stereocenters. The Hall–Kier alpha value is -2.55. The predicted molar refractivity (Wildman–Crippen MR) is 89.2 cm³/mol. The standard InChI is InChI=1S/C15H18N4O4S/c1-19(2)15-16-9-11(10-17-15)18-24(20,21)12-4-5-13-14(8-12)23-7-3-6-22-13/h4-5,8-10,18H,3,6-7H2,1-2H3. The van der Waals surface area contributed by atoms with Crippen molar-refractivity contribution >= 4 is 21.7 Å². The molecular formula is C15H18N4O4S. The van der Waals surface area contributed by atoms with E-state index in [1.807, 2.05) is 0 Å². The van der Waals surface area contributed by atoms with Crippen molar-refractivity contribution in [3.8, 4) is 11.5 Å². The van der Waals surface area contributed by atoms with Crippen LogP contribution in [0.3, 0.4) is 0 Å². The summed E-state index contributed by atoms with van der Waals surface area (Å²) in [6, 6.07) is 4.53. The Balaban J connectivity index is 1.83. The summed E-state index contributed by atoms with van der Waals surface area (Å²) >= 11 is 0. The molecule has 9 heteroatoms. The van der Waals surface area contributed by atoms with Gasteiger partial charge in [0, 0.05) is 26.6 Å². The molecule has 0 radical (unpaired) electrons. The molecule has 2 aromatic rings. The molecule has 0 saturated heterocycles. The van der Waals surface area contributed by atoms with Crippen LogP contribution in [0.1, 0.15) is 6.42 Å². The van der Waals surface area contributed by atoms with Crippen molar-refractivity contribution in [1.29, 1.82) is 0 Å². The molecule has 24 heavy (non-hydrogen) atoms. The lowest BCUT2D eigenvalue weighted by atomic mass is 10.3. The van der Waals surface area contributed by atoms with Gasteiger partial charge in [0.2, 0.25) is 5.95 Å². The molecule has 1 N–H and O–H groups in total. The van der Waals surface area contributed by atoms with E-state index < -0.39 is 10.0 Å². The molecule has 1 aromatic heterocycles. The van der Waals surface area contributed by atoms with Crippen LogP contribution in [0.2, 0.25) is 0 Å².